The average Bonchev–Trinajstić information content (AvgIpc) is 2.46. The summed E-state index contributed by atoms with van der Waals surface area (Å²) < 4.78 is 33.9. The number of rotatable bonds is 3. The van der Waals surface area contributed by atoms with Crippen LogP contribution in [-0.2, 0) is 10.0 Å². The molecule has 0 fully saturated rings. The Morgan fingerprint density at radius 2 is 1.68 bits per heavy atom. The molecule has 0 amide bonds. The number of hydrogen-bond acceptors (Lipinski definition) is 3. The van der Waals surface area contributed by atoms with E-state index < -0.39 is 15.6 Å². The van der Waals surface area contributed by atoms with E-state index in [2.05, 4.69) is 4.72 Å². The molecule has 116 valence electrons. The second kappa shape index (κ2) is 5.41. The third-order valence-corrected chi connectivity index (χ3v) is 5.21. The quantitative estimate of drug-likeness (QED) is 0.945. The minimum absolute atomic E-state index is 0.275. The number of benzene rings is 2. The fraction of sp³-hybridized carbons (Fsp3) is 0.294. The van der Waals surface area contributed by atoms with Gasteiger partial charge in [-0.1, -0.05) is 36.4 Å². The van der Waals surface area contributed by atoms with Gasteiger partial charge in [-0.2, -0.15) is 0 Å². The highest BCUT2D eigenvalue weighted by Crippen LogP contribution is 2.39. The van der Waals surface area contributed by atoms with Gasteiger partial charge in [0.25, 0.3) is 0 Å². The van der Waals surface area contributed by atoms with Crippen LogP contribution in [0.2, 0.25) is 0 Å². The number of nitrogens with one attached hydrogen (secondary N) is 1. The zero-order valence-electron chi connectivity index (χ0n) is 12.6. The van der Waals surface area contributed by atoms with Gasteiger partial charge in [-0.3, -0.25) is 0 Å². The zero-order valence-corrected chi connectivity index (χ0v) is 13.4. The molecule has 0 bridgehead atoms. The first-order valence-corrected chi connectivity index (χ1v) is 8.71. The van der Waals surface area contributed by atoms with Crippen LogP contribution in [0.5, 0.6) is 5.75 Å². The van der Waals surface area contributed by atoms with Crippen LogP contribution < -0.4 is 9.46 Å². The van der Waals surface area contributed by atoms with Crippen molar-refractivity contribution in [2.75, 3.05) is 0 Å². The van der Waals surface area contributed by atoms with Crippen molar-refractivity contribution in [3.05, 3.63) is 60.2 Å². The van der Waals surface area contributed by atoms with E-state index >= 15 is 0 Å². The summed E-state index contributed by atoms with van der Waals surface area (Å²) in [6.45, 7) is 3.93. The highest BCUT2D eigenvalue weighted by atomic mass is 32.2. The van der Waals surface area contributed by atoms with E-state index in [0.717, 1.165) is 11.3 Å². The van der Waals surface area contributed by atoms with Crippen LogP contribution in [0.4, 0.5) is 0 Å². The fourth-order valence-electron chi connectivity index (χ4n) is 2.76. The summed E-state index contributed by atoms with van der Waals surface area (Å²) in [5.74, 6) is 0.736. The van der Waals surface area contributed by atoms with Crippen LogP contribution in [-0.4, -0.2) is 14.0 Å². The van der Waals surface area contributed by atoms with Gasteiger partial charge in [0.1, 0.15) is 11.4 Å². The topological polar surface area (TPSA) is 55.4 Å². The molecule has 0 aliphatic carbocycles. The van der Waals surface area contributed by atoms with Gasteiger partial charge in [-0.15, -0.1) is 0 Å². The summed E-state index contributed by atoms with van der Waals surface area (Å²) in [5, 5.41) is 0. The Balaban J connectivity index is 1.95. The highest BCUT2D eigenvalue weighted by molar-refractivity contribution is 7.89. The maximum Gasteiger partial charge on any atom is 0.241 e. The molecule has 0 saturated carbocycles. The number of sulfonamides is 1. The largest absolute Gasteiger partial charge is 0.487 e. The van der Waals surface area contributed by atoms with Crippen molar-refractivity contribution in [3.8, 4) is 5.75 Å². The van der Waals surface area contributed by atoms with Crippen LogP contribution in [0.3, 0.4) is 0 Å². The molecule has 4 nitrogen and oxygen atoms in total. The molecule has 2 aromatic carbocycles. The van der Waals surface area contributed by atoms with E-state index in [-0.39, 0.29) is 10.9 Å². The lowest BCUT2D eigenvalue weighted by molar-refractivity contribution is 0.0702. The van der Waals surface area contributed by atoms with Crippen molar-refractivity contribution in [1.82, 2.24) is 4.72 Å². The Morgan fingerprint density at radius 3 is 2.41 bits per heavy atom. The smallest absolute Gasteiger partial charge is 0.241 e. The Labute approximate surface area is 131 Å². The van der Waals surface area contributed by atoms with E-state index in [1.54, 1.807) is 30.3 Å². The number of ether oxygens (including phenoxy) is 1. The molecule has 1 N–H and O–H groups in total. The molecule has 1 heterocycles. The van der Waals surface area contributed by atoms with Gasteiger partial charge in [0.15, 0.2) is 0 Å². The van der Waals surface area contributed by atoms with Crippen LogP contribution in [0.25, 0.3) is 0 Å². The van der Waals surface area contributed by atoms with Crippen LogP contribution >= 0.6 is 0 Å². The zero-order chi connectivity index (χ0) is 15.8. The van der Waals surface area contributed by atoms with E-state index in [1.165, 1.54) is 0 Å². The molecule has 0 spiro atoms. The van der Waals surface area contributed by atoms with Crippen molar-refractivity contribution < 1.29 is 13.2 Å². The molecule has 5 heteroatoms. The molecule has 1 aliphatic heterocycles. The molecule has 0 unspecified atom stereocenters. The van der Waals surface area contributed by atoms with Gasteiger partial charge in [-0.05, 0) is 32.0 Å². The van der Waals surface area contributed by atoms with Crippen LogP contribution in [0.1, 0.15) is 31.9 Å². The molecule has 2 aromatic rings. The van der Waals surface area contributed by atoms with E-state index in [0.29, 0.717) is 6.42 Å². The summed E-state index contributed by atoms with van der Waals surface area (Å²) in [7, 11) is -3.56. The number of para-hydroxylation sites is 1. The monoisotopic (exact) mass is 317 g/mol. The summed E-state index contributed by atoms with van der Waals surface area (Å²) in [6, 6.07) is 15.7. The molecule has 22 heavy (non-hydrogen) atoms. The average molecular weight is 317 g/mol. The standard InChI is InChI=1S/C17H19NO3S/c1-17(2)12-15(14-10-6-7-11-16(14)21-17)18-22(19,20)13-8-4-3-5-9-13/h3-11,15,18H,12H2,1-2H3/t15-/m1/s1. The second-order valence-electron chi connectivity index (χ2n) is 6.09. The third kappa shape index (κ3) is 3.00. The van der Waals surface area contributed by atoms with Crippen molar-refractivity contribution in [3.63, 3.8) is 0 Å². The Bertz CT molecular complexity index is 770. The first kappa shape index (κ1) is 15.1. The fourth-order valence-corrected chi connectivity index (χ4v) is 4.00. The van der Waals surface area contributed by atoms with Gasteiger partial charge in [0.05, 0.1) is 10.9 Å². The van der Waals surface area contributed by atoms with E-state index in [4.69, 9.17) is 4.74 Å². The minimum Gasteiger partial charge on any atom is -0.487 e. The second-order valence-corrected chi connectivity index (χ2v) is 7.80. The summed E-state index contributed by atoms with van der Waals surface area (Å²) >= 11 is 0. The van der Waals surface area contributed by atoms with Gasteiger partial charge < -0.3 is 4.74 Å². The summed E-state index contributed by atoms with van der Waals surface area (Å²) in [6.07, 6.45) is 0.579. The number of fused-ring (bicyclic) bond motifs is 1. The van der Waals surface area contributed by atoms with Gasteiger partial charge in [0.2, 0.25) is 10.0 Å². The SMILES string of the molecule is CC1(C)C[C@@H](NS(=O)(=O)c2ccccc2)c2ccccc2O1. The molecular formula is C17H19NO3S. The van der Waals surface area contributed by atoms with Crippen molar-refractivity contribution >= 4 is 10.0 Å². The van der Waals surface area contributed by atoms with Gasteiger partial charge >= 0.3 is 0 Å². The first-order valence-electron chi connectivity index (χ1n) is 7.23. The van der Waals surface area contributed by atoms with Crippen LogP contribution in [0.15, 0.2) is 59.5 Å². The normalized spacial score (nSPS) is 20.0. The Kier molecular flexibility index (Phi) is 3.70. The van der Waals surface area contributed by atoms with Crippen molar-refractivity contribution in [2.24, 2.45) is 0 Å². The Hall–Kier alpha value is -1.85. The molecular weight excluding hydrogens is 298 g/mol. The predicted octanol–water partition coefficient (Wildman–Crippen LogP) is 3.27. The maximum atomic E-state index is 12.6. The minimum atomic E-state index is -3.56. The van der Waals surface area contributed by atoms with Gasteiger partial charge in [-0.25, -0.2) is 13.1 Å². The van der Waals surface area contributed by atoms with E-state index in [9.17, 15) is 8.42 Å². The van der Waals surface area contributed by atoms with Crippen molar-refractivity contribution in [1.29, 1.82) is 0 Å². The maximum absolute atomic E-state index is 12.6. The lowest BCUT2D eigenvalue weighted by Gasteiger charge is -2.37. The lowest BCUT2D eigenvalue weighted by Crippen LogP contribution is -2.41. The third-order valence-electron chi connectivity index (χ3n) is 3.73. The first-order chi connectivity index (χ1) is 10.4. The van der Waals surface area contributed by atoms with E-state index in [1.807, 2.05) is 38.1 Å². The molecule has 0 aromatic heterocycles. The predicted molar refractivity (Wildman–Crippen MR) is 85.3 cm³/mol. The lowest BCUT2D eigenvalue weighted by atomic mass is 9.90. The molecule has 1 atom stereocenters. The number of hydrogen-bond donors (Lipinski definition) is 1. The summed E-state index contributed by atoms with van der Waals surface area (Å²) in [4.78, 5) is 0.275. The van der Waals surface area contributed by atoms with Crippen molar-refractivity contribution in [2.45, 2.75) is 36.8 Å². The highest BCUT2D eigenvalue weighted by Gasteiger charge is 2.35. The van der Waals surface area contributed by atoms with Crippen LogP contribution in [0, 0.1) is 0 Å². The molecule has 3 rings (SSSR count). The van der Waals surface area contributed by atoms with Gasteiger partial charge in [0, 0.05) is 12.0 Å². The summed E-state index contributed by atoms with van der Waals surface area (Å²) in [5.41, 5.74) is 0.458. The molecule has 0 saturated heterocycles. The molecule has 1 aliphatic rings. The molecule has 0 radical (unpaired) electrons. The Morgan fingerprint density at radius 1 is 1.05 bits per heavy atom.